The Bertz CT molecular complexity index is 1160. The Balaban J connectivity index is 1.51. The summed E-state index contributed by atoms with van der Waals surface area (Å²) in [4.78, 5) is 19.4. The number of ether oxygens (including phenoxy) is 1. The zero-order valence-corrected chi connectivity index (χ0v) is 18.6. The summed E-state index contributed by atoms with van der Waals surface area (Å²) in [6, 6.07) is 12.4. The molecule has 0 radical (unpaired) electrons. The molecule has 1 aliphatic heterocycles. The number of hydrogen-bond donors (Lipinski definition) is 1. The number of anilines is 2. The molecule has 1 aliphatic rings. The third kappa shape index (κ3) is 5.45. The minimum absolute atomic E-state index is 0.152. The van der Waals surface area contributed by atoms with Crippen molar-refractivity contribution in [3.8, 4) is 0 Å². The Morgan fingerprint density at radius 1 is 1.21 bits per heavy atom. The standard InChI is InChI=1S/C25H26F3N3O2/c1-3-33-20-9-10-31(15-20)23-11-16(2)29-22-14-19(7-8-21(22)23)30-24(32)13-17-5-4-6-18(12-17)25(26,27)28/h4-8,11-12,14,20H,3,9-10,13,15H2,1-2H3,(H,30,32). The molecule has 0 aliphatic carbocycles. The van der Waals surface area contributed by atoms with E-state index in [0.717, 1.165) is 53.9 Å². The molecule has 2 heterocycles. The molecule has 1 aromatic heterocycles. The van der Waals surface area contributed by atoms with Gasteiger partial charge in [-0.3, -0.25) is 9.78 Å². The van der Waals surface area contributed by atoms with Gasteiger partial charge in [-0.15, -0.1) is 0 Å². The molecule has 8 heteroatoms. The molecule has 33 heavy (non-hydrogen) atoms. The van der Waals surface area contributed by atoms with E-state index in [1.54, 1.807) is 12.1 Å². The topological polar surface area (TPSA) is 54.5 Å². The van der Waals surface area contributed by atoms with Gasteiger partial charge in [0, 0.05) is 42.2 Å². The Kier molecular flexibility index (Phi) is 6.56. The van der Waals surface area contributed by atoms with Crippen LogP contribution in [0.5, 0.6) is 0 Å². The summed E-state index contributed by atoms with van der Waals surface area (Å²) < 4.78 is 44.5. The molecule has 3 aromatic rings. The van der Waals surface area contributed by atoms with E-state index in [1.807, 2.05) is 19.9 Å². The Morgan fingerprint density at radius 3 is 2.79 bits per heavy atom. The van der Waals surface area contributed by atoms with Crippen LogP contribution in [0.4, 0.5) is 24.5 Å². The van der Waals surface area contributed by atoms with E-state index in [1.165, 1.54) is 12.1 Å². The summed E-state index contributed by atoms with van der Waals surface area (Å²) in [5.74, 6) is -0.388. The van der Waals surface area contributed by atoms with Crippen LogP contribution >= 0.6 is 0 Å². The van der Waals surface area contributed by atoms with Crippen LogP contribution in [0, 0.1) is 6.92 Å². The minimum Gasteiger partial charge on any atom is -0.377 e. The SMILES string of the molecule is CCOC1CCN(c2cc(C)nc3cc(NC(=O)Cc4cccc(C(F)(F)F)c4)ccc23)C1. The number of carbonyl (C=O) groups is 1. The van der Waals surface area contributed by atoms with Crippen molar-refractivity contribution in [2.75, 3.05) is 29.9 Å². The zero-order valence-electron chi connectivity index (χ0n) is 18.6. The zero-order chi connectivity index (χ0) is 23.6. The van der Waals surface area contributed by atoms with Crippen LogP contribution in [-0.4, -0.2) is 36.7 Å². The van der Waals surface area contributed by atoms with Crippen molar-refractivity contribution in [3.05, 3.63) is 65.4 Å². The number of pyridine rings is 1. The van der Waals surface area contributed by atoms with Gasteiger partial charge in [0.25, 0.3) is 0 Å². The highest BCUT2D eigenvalue weighted by atomic mass is 19.4. The molecule has 4 rings (SSSR count). The van der Waals surface area contributed by atoms with Crippen molar-refractivity contribution in [3.63, 3.8) is 0 Å². The summed E-state index contributed by atoms with van der Waals surface area (Å²) in [7, 11) is 0. The number of aryl methyl sites for hydroxylation is 1. The normalized spacial score (nSPS) is 16.4. The smallest absolute Gasteiger partial charge is 0.377 e. The van der Waals surface area contributed by atoms with Crippen molar-refractivity contribution >= 4 is 28.2 Å². The van der Waals surface area contributed by atoms with Gasteiger partial charge < -0.3 is 15.0 Å². The summed E-state index contributed by atoms with van der Waals surface area (Å²) in [5, 5.41) is 3.76. The molecular formula is C25H26F3N3O2. The van der Waals surface area contributed by atoms with Crippen LogP contribution in [0.1, 0.15) is 30.2 Å². The maximum absolute atomic E-state index is 12.9. The van der Waals surface area contributed by atoms with E-state index in [4.69, 9.17) is 4.74 Å². The summed E-state index contributed by atoms with van der Waals surface area (Å²) >= 11 is 0. The third-order valence-corrected chi connectivity index (χ3v) is 5.71. The van der Waals surface area contributed by atoms with E-state index in [0.29, 0.717) is 17.9 Å². The number of carbonyl (C=O) groups excluding carboxylic acids is 1. The number of fused-ring (bicyclic) bond motifs is 1. The van der Waals surface area contributed by atoms with Gasteiger partial charge in [0.15, 0.2) is 0 Å². The molecule has 174 valence electrons. The second-order valence-corrected chi connectivity index (χ2v) is 8.25. The number of benzene rings is 2. The first-order valence-electron chi connectivity index (χ1n) is 11.0. The largest absolute Gasteiger partial charge is 0.416 e. The van der Waals surface area contributed by atoms with Crippen molar-refractivity contribution < 1.29 is 22.7 Å². The second-order valence-electron chi connectivity index (χ2n) is 8.25. The highest BCUT2D eigenvalue weighted by Crippen LogP contribution is 2.32. The van der Waals surface area contributed by atoms with Crippen LogP contribution in [0.25, 0.3) is 10.9 Å². The first-order valence-corrected chi connectivity index (χ1v) is 11.0. The predicted octanol–water partition coefficient (Wildman–Crippen LogP) is 5.36. The van der Waals surface area contributed by atoms with Crippen molar-refractivity contribution in [2.24, 2.45) is 0 Å². The lowest BCUT2D eigenvalue weighted by Crippen LogP contribution is -2.23. The molecule has 1 fully saturated rings. The molecule has 5 nitrogen and oxygen atoms in total. The predicted molar refractivity (Wildman–Crippen MR) is 123 cm³/mol. The lowest BCUT2D eigenvalue weighted by atomic mass is 10.1. The van der Waals surface area contributed by atoms with Gasteiger partial charge in [0.2, 0.25) is 5.91 Å². The lowest BCUT2D eigenvalue weighted by Gasteiger charge is -2.21. The van der Waals surface area contributed by atoms with E-state index in [-0.39, 0.29) is 18.4 Å². The van der Waals surface area contributed by atoms with Crippen LogP contribution in [-0.2, 0) is 22.1 Å². The molecule has 1 saturated heterocycles. The van der Waals surface area contributed by atoms with E-state index < -0.39 is 11.7 Å². The Hall–Kier alpha value is -3.13. The first-order chi connectivity index (χ1) is 15.7. The average Bonchev–Trinajstić information content (AvgIpc) is 3.21. The van der Waals surface area contributed by atoms with Crippen molar-refractivity contribution in [1.82, 2.24) is 4.98 Å². The van der Waals surface area contributed by atoms with Gasteiger partial charge in [-0.2, -0.15) is 13.2 Å². The molecule has 1 atom stereocenters. The quantitative estimate of drug-likeness (QED) is 0.542. The number of hydrogen-bond acceptors (Lipinski definition) is 4. The number of nitrogens with one attached hydrogen (secondary N) is 1. The number of amides is 1. The molecule has 1 N–H and O–H groups in total. The molecule has 1 amide bonds. The van der Waals surface area contributed by atoms with Gasteiger partial charge in [-0.1, -0.05) is 18.2 Å². The van der Waals surface area contributed by atoms with Gasteiger partial charge in [0.05, 0.1) is 23.6 Å². The van der Waals surface area contributed by atoms with Crippen molar-refractivity contribution in [2.45, 2.75) is 39.0 Å². The van der Waals surface area contributed by atoms with Gasteiger partial charge in [0.1, 0.15) is 0 Å². The Labute approximate surface area is 190 Å². The van der Waals surface area contributed by atoms with E-state index in [2.05, 4.69) is 21.3 Å². The van der Waals surface area contributed by atoms with Crippen LogP contribution in [0.3, 0.4) is 0 Å². The highest BCUT2D eigenvalue weighted by Gasteiger charge is 2.30. The summed E-state index contributed by atoms with van der Waals surface area (Å²) in [6.07, 6.45) is -3.40. The maximum atomic E-state index is 12.9. The number of nitrogens with zero attached hydrogens (tertiary/aromatic N) is 2. The van der Waals surface area contributed by atoms with Crippen LogP contribution < -0.4 is 10.2 Å². The maximum Gasteiger partial charge on any atom is 0.416 e. The van der Waals surface area contributed by atoms with Crippen LogP contribution in [0.2, 0.25) is 0 Å². The number of rotatable bonds is 6. The Morgan fingerprint density at radius 2 is 2.03 bits per heavy atom. The van der Waals surface area contributed by atoms with E-state index >= 15 is 0 Å². The monoisotopic (exact) mass is 457 g/mol. The molecule has 0 spiro atoms. The second kappa shape index (κ2) is 9.39. The fraction of sp³-hybridized carbons (Fsp3) is 0.360. The fourth-order valence-corrected chi connectivity index (χ4v) is 4.24. The lowest BCUT2D eigenvalue weighted by molar-refractivity contribution is -0.137. The van der Waals surface area contributed by atoms with E-state index in [9.17, 15) is 18.0 Å². The number of halogens is 3. The van der Waals surface area contributed by atoms with Gasteiger partial charge in [-0.05, 0) is 56.2 Å². The first kappa shape index (κ1) is 23.0. The molecule has 2 aromatic carbocycles. The average molecular weight is 457 g/mol. The number of alkyl halides is 3. The van der Waals surface area contributed by atoms with Crippen LogP contribution in [0.15, 0.2) is 48.5 Å². The summed E-state index contributed by atoms with van der Waals surface area (Å²) in [5.41, 5.74) is 2.79. The molecule has 0 saturated carbocycles. The minimum atomic E-state index is -4.44. The molecular weight excluding hydrogens is 431 g/mol. The molecule has 0 bridgehead atoms. The third-order valence-electron chi connectivity index (χ3n) is 5.71. The fourth-order valence-electron chi connectivity index (χ4n) is 4.24. The van der Waals surface area contributed by atoms with Gasteiger partial charge in [-0.25, -0.2) is 0 Å². The summed E-state index contributed by atoms with van der Waals surface area (Å²) in [6.45, 7) is 6.34. The highest BCUT2D eigenvalue weighted by molar-refractivity contribution is 5.98. The van der Waals surface area contributed by atoms with Crippen molar-refractivity contribution in [1.29, 1.82) is 0 Å². The number of aromatic nitrogens is 1. The van der Waals surface area contributed by atoms with Gasteiger partial charge >= 0.3 is 6.18 Å². The molecule has 1 unspecified atom stereocenters.